The highest BCUT2D eigenvalue weighted by molar-refractivity contribution is 5.91. The Hall–Kier alpha value is -1.32. The standard InChI is InChI=1S/C7H11N3O/c1-5-8-4-6(9-5)7(11)10(2)3/h4H,1-3H3,(H,8,9). The number of hydrogen-bond donors (Lipinski definition) is 1. The first-order valence-corrected chi connectivity index (χ1v) is 3.34. The lowest BCUT2D eigenvalue weighted by atomic mass is 10.4. The minimum absolute atomic E-state index is 0.0504. The first-order chi connectivity index (χ1) is 5.11. The van der Waals surface area contributed by atoms with Crippen molar-refractivity contribution < 1.29 is 4.79 Å². The van der Waals surface area contributed by atoms with E-state index in [-0.39, 0.29) is 5.91 Å². The van der Waals surface area contributed by atoms with Crippen molar-refractivity contribution >= 4 is 5.91 Å². The Morgan fingerprint density at radius 3 is 2.64 bits per heavy atom. The number of amides is 1. The lowest BCUT2D eigenvalue weighted by Crippen LogP contribution is -2.21. The van der Waals surface area contributed by atoms with E-state index in [2.05, 4.69) is 9.97 Å². The van der Waals surface area contributed by atoms with Crippen LogP contribution in [-0.2, 0) is 0 Å². The number of hydrogen-bond acceptors (Lipinski definition) is 2. The molecule has 0 saturated carbocycles. The molecule has 1 N–H and O–H groups in total. The highest BCUT2D eigenvalue weighted by Gasteiger charge is 2.08. The fraction of sp³-hybridized carbons (Fsp3) is 0.429. The molecule has 1 aromatic rings. The Labute approximate surface area is 65.2 Å². The van der Waals surface area contributed by atoms with Crippen molar-refractivity contribution in [1.82, 2.24) is 14.9 Å². The Morgan fingerprint density at radius 1 is 1.64 bits per heavy atom. The first kappa shape index (κ1) is 7.78. The second-order valence-corrected chi connectivity index (χ2v) is 2.58. The van der Waals surface area contributed by atoms with Crippen LogP contribution in [0.1, 0.15) is 16.3 Å². The van der Waals surface area contributed by atoms with E-state index in [0.29, 0.717) is 5.69 Å². The number of imidazole rings is 1. The molecule has 1 rings (SSSR count). The first-order valence-electron chi connectivity index (χ1n) is 3.34. The molecule has 0 atom stereocenters. The van der Waals surface area contributed by atoms with Gasteiger partial charge in [0.15, 0.2) is 0 Å². The van der Waals surface area contributed by atoms with Crippen molar-refractivity contribution in [2.75, 3.05) is 14.1 Å². The van der Waals surface area contributed by atoms with E-state index in [9.17, 15) is 4.79 Å². The molecule has 0 unspecified atom stereocenters. The highest BCUT2D eigenvalue weighted by Crippen LogP contribution is 1.97. The van der Waals surface area contributed by atoms with Crippen LogP contribution in [0.2, 0.25) is 0 Å². The predicted octanol–water partition coefficient (Wildman–Crippen LogP) is 0.420. The van der Waals surface area contributed by atoms with Crippen molar-refractivity contribution in [3.05, 3.63) is 17.7 Å². The Bertz CT molecular complexity index is 264. The summed E-state index contributed by atoms with van der Waals surface area (Å²) in [4.78, 5) is 19.5. The molecule has 1 aromatic heterocycles. The van der Waals surface area contributed by atoms with Gasteiger partial charge in [0.05, 0.1) is 6.20 Å². The quantitative estimate of drug-likeness (QED) is 0.635. The van der Waals surface area contributed by atoms with Crippen LogP contribution in [0, 0.1) is 6.92 Å². The van der Waals surface area contributed by atoms with Gasteiger partial charge in [0.2, 0.25) is 0 Å². The number of carbonyl (C=O) groups is 1. The molecule has 0 spiro atoms. The highest BCUT2D eigenvalue weighted by atomic mass is 16.2. The summed E-state index contributed by atoms with van der Waals surface area (Å²) in [5.41, 5.74) is 0.535. The van der Waals surface area contributed by atoms with Crippen LogP contribution in [0.25, 0.3) is 0 Å². The number of nitrogens with one attached hydrogen (secondary N) is 1. The van der Waals surface area contributed by atoms with E-state index in [1.54, 1.807) is 14.1 Å². The van der Waals surface area contributed by atoms with Crippen LogP contribution in [0.3, 0.4) is 0 Å². The number of aryl methyl sites for hydroxylation is 1. The van der Waals surface area contributed by atoms with Crippen LogP contribution < -0.4 is 0 Å². The predicted molar refractivity (Wildman–Crippen MR) is 41.3 cm³/mol. The molecule has 1 amide bonds. The third kappa shape index (κ3) is 1.58. The summed E-state index contributed by atoms with van der Waals surface area (Å²) in [6, 6.07) is 0. The molecule has 0 aliphatic rings. The fourth-order valence-corrected chi connectivity index (χ4v) is 0.770. The summed E-state index contributed by atoms with van der Waals surface area (Å²) < 4.78 is 0. The van der Waals surface area contributed by atoms with Crippen LogP contribution in [-0.4, -0.2) is 34.9 Å². The maximum absolute atomic E-state index is 11.2. The molecule has 0 aliphatic carbocycles. The number of aromatic nitrogens is 2. The van der Waals surface area contributed by atoms with Gasteiger partial charge in [0.1, 0.15) is 11.5 Å². The zero-order valence-corrected chi connectivity index (χ0v) is 6.88. The van der Waals surface area contributed by atoms with Crippen LogP contribution in [0.4, 0.5) is 0 Å². The van der Waals surface area contributed by atoms with Gasteiger partial charge >= 0.3 is 0 Å². The Balaban J connectivity index is 2.85. The number of carbonyl (C=O) groups excluding carboxylic acids is 1. The maximum atomic E-state index is 11.2. The van der Waals surface area contributed by atoms with Crippen molar-refractivity contribution in [3.63, 3.8) is 0 Å². The molecule has 0 radical (unpaired) electrons. The SMILES string of the molecule is Cc1ncc(C(=O)N(C)C)[nH]1. The minimum atomic E-state index is -0.0504. The van der Waals surface area contributed by atoms with Gasteiger partial charge in [-0.15, -0.1) is 0 Å². The Morgan fingerprint density at radius 2 is 2.27 bits per heavy atom. The molecular weight excluding hydrogens is 142 g/mol. The number of aromatic amines is 1. The lowest BCUT2D eigenvalue weighted by Gasteiger charge is -2.06. The summed E-state index contributed by atoms with van der Waals surface area (Å²) in [6.45, 7) is 1.81. The summed E-state index contributed by atoms with van der Waals surface area (Å²) in [5, 5.41) is 0. The van der Waals surface area contributed by atoms with Gasteiger partial charge in [-0.2, -0.15) is 0 Å². The van der Waals surface area contributed by atoms with Gasteiger partial charge in [-0.25, -0.2) is 4.98 Å². The van der Waals surface area contributed by atoms with E-state index >= 15 is 0 Å². The second-order valence-electron chi connectivity index (χ2n) is 2.58. The van der Waals surface area contributed by atoms with Crippen LogP contribution in [0.15, 0.2) is 6.20 Å². The van der Waals surface area contributed by atoms with Crippen molar-refractivity contribution in [1.29, 1.82) is 0 Å². The third-order valence-corrected chi connectivity index (χ3v) is 1.34. The topological polar surface area (TPSA) is 49.0 Å². The number of rotatable bonds is 1. The molecule has 0 fully saturated rings. The van der Waals surface area contributed by atoms with Crippen LogP contribution in [0.5, 0.6) is 0 Å². The van der Waals surface area contributed by atoms with Crippen molar-refractivity contribution in [2.45, 2.75) is 6.92 Å². The number of H-pyrrole nitrogens is 1. The molecule has 60 valence electrons. The van der Waals surface area contributed by atoms with E-state index in [1.807, 2.05) is 6.92 Å². The number of nitrogens with zero attached hydrogens (tertiary/aromatic N) is 2. The zero-order chi connectivity index (χ0) is 8.43. The second kappa shape index (κ2) is 2.74. The smallest absolute Gasteiger partial charge is 0.271 e. The summed E-state index contributed by atoms with van der Waals surface area (Å²) in [7, 11) is 3.41. The average Bonchev–Trinajstić information content (AvgIpc) is 2.34. The molecule has 0 aliphatic heterocycles. The maximum Gasteiger partial charge on any atom is 0.271 e. The average molecular weight is 153 g/mol. The van der Waals surface area contributed by atoms with Gasteiger partial charge in [0.25, 0.3) is 5.91 Å². The third-order valence-electron chi connectivity index (χ3n) is 1.34. The molecule has 0 saturated heterocycles. The summed E-state index contributed by atoms with van der Waals surface area (Å²) in [5.74, 6) is 0.709. The fourth-order valence-electron chi connectivity index (χ4n) is 0.770. The van der Waals surface area contributed by atoms with Crippen molar-refractivity contribution in [3.8, 4) is 0 Å². The molecule has 1 heterocycles. The van der Waals surface area contributed by atoms with Gasteiger partial charge in [-0.1, -0.05) is 0 Å². The largest absolute Gasteiger partial charge is 0.343 e. The zero-order valence-electron chi connectivity index (χ0n) is 6.88. The van der Waals surface area contributed by atoms with E-state index < -0.39 is 0 Å². The van der Waals surface area contributed by atoms with Gasteiger partial charge in [-0.05, 0) is 6.92 Å². The minimum Gasteiger partial charge on any atom is -0.343 e. The lowest BCUT2D eigenvalue weighted by molar-refractivity contribution is 0.0822. The molecule has 4 nitrogen and oxygen atoms in total. The molecule has 11 heavy (non-hydrogen) atoms. The molecular formula is C7H11N3O. The monoisotopic (exact) mass is 153 g/mol. The Kier molecular flexibility index (Phi) is 1.94. The van der Waals surface area contributed by atoms with Gasteiger partial charge < -0.3 is 9.88 Å². The normalized spacial score (nSPS) is 9.73. The van der Waals surface area contributed by atoms with Crippen LogP contribution >= 0.6 is 0 Å². The molecule has 0 bridgehead atoms. The summed E-state index contributed by atoms with van der Waals surface area (Å²) >= 11 is 0. The van der Waals surface area contributed by atoms with Gasteiger partial charge in [-0.3, -0.25) is 4.79 Å². The van der Waals surface area contributed by atoms with E-state index in [4.69, 9.17) is 0 Å². The molecule has 0 aromatic carbocycles. The molecule has 4 heteroatoms. The van der Waals surface area contributed by atoms with E-state index in [1.165, 1.54) is 11.1 Å². The van der Waals surface area contributed by atoms with E-state index in [0.717, 1.165) is 5.82 Å². The summed E-state index contributed by atoms with van der Waals surface area (Å²) in [6.07, 6.45) is 1.54. The van der Waals surface area contributed by atoms with Gasteiger partial charge in [0, 0.05) is 14.1 Å². The van der Waals surface area contributed by atoms with Crippen molar-refractivity contribution in [2.24, 2.45) is 0 Å².